The molecule has 0 saturated heterocycles. The molecule has 1 aliphatic rings. The van der Waals surface area contributed by atoms with E-state index < -0.39 is 0 Å². The van der Waals surface area contributed by atoms with Gasteiger partial charge < -0.3 is 4.74 Å². The van der Waals surface area contributed by atoms with Crippen molar-refractivity contribution in [3.8, 4) is 5.75 Å². The standard InChI is InChI=1S/C18H20O/c1-12-6-4-5-7-16(12)17-9-8-15-10-13(2)14(3)11-18(15)19-17/h4-7,10-11,17H,8-9H2,1-3H3. The Labute approximate surface area is 115 Å². The highest BCUT2D eigenvalue weighted by atomic mass is 16.5. The summed E-state index contributed by atoms with van der Waals surface area (Å²) in [6.07, 6.45) is 2.38. The molecule has 1 aliphatic heterocycles. The van der Waals surface area contributed by atoms with Crippen LogP contribution >= 0.6 is 0 Å². The molecule has 1 nitrogen and oxygen atoms in total. The van der Waals surface area contributed by atoms with E-state index in [1.54, 1.807) is 0 Å². The van der Waals surface area contributed by atoms with E-state index in [0.717, 1.165) is 18.6 Å². The van der Waals surface area contributed by atoms with Crippen LogP contribution in [0.4, 0.5) is 0 Å². The molecule has 0 saturated carbocycles. The van der Waals surface area contributed by atoms with Gasteiger partial charge in [-0.2, -0.15) is 0 Å². The largest absolute Gasteiger partial charge is 0.485 e. The van der Waals surface area contributed by atoms with Gasteiger partial charge in [0, 0.05) is 0 Å². The Morgan fingerprint density at radius 1 is 0.947 bits per heavy atom. The molecule has 0 N–H and O–H groups in total. The van der Waals surface area contributed by atoms with Crippen molar-refractivity contribution in [2.24, 2.45) is 0 Å². The monoisotopic (exact) mass is 252 g/mol. The number of ether oxygens (including phenoxy) is 1. The minimum absolute atomic E-state index is 0.204. The Bertz CT molecular complexity index is 613. The van der Waals surface area contributed by atoms with E-state index in [1.807, 2.05) is 0 Å². The molecule has 98 valence electrons. The SMILES string of the molecule is Cc1cc2c(cc1C)OC(c1ccccc1C)CC2. The van der Waals surface area contributed by atoms with Crippen LogP contribution in [0.15, 0.2) is 36.4 Å². The third-order valence-corrected chi connectivity index (χ3v) is 4.16. The fourth-order valence-corrected chi connectivity index (χ4v) is 2.82. The molecule has 1 heteroatoms. The molecular formula is C18H20O. The molecule has 0 radical (unpaired) electrons. The smallest absolute Gasteiger partial charge is 0.124 e. The van der Waals surface area contributed by atoms with Crippen LogP contribution in [0.5, 0.6) is 5.75 Å². The maximum absolute atomic E-state index is 6.23. The summed E-state index contributed by atoms with van der Waals surface area (Å²) in [5.74, 6) is 1.07. The maximum atomic E-state index is 6.23. The molecule has 2 aromatic rings. The second kappa shape index (κ2) is 4.73. The average molecular weight is 252 g/mol. The van der Waals surface area contributed by atoms with Crippen molar-refractivity contribution in [3.63, 3.8) is 0 Å². The highest BCUT2D eigenvalue weighted by Crippen LogP contribution is 2.37. The lowest BCUT2D eigenvalue weighted by molar-refractivity contribution is 0.176. The van der Waals surface area contributed by atoms with Crippen LogP contribution in [0, 0.1) is 20.8 Å². The van der Waals surface area contributed by atoms with Crippen molar-refractivity contribution in [1.82, 2.24) is 0 Å². The van der Waals surface area contributed by atoms with Gasteiger partial charge in [-0.15, -0.1) is 0 Å². The van der Waals surface area contributed by atoms with Gasteiger partial charge in [0.25, 0.3) is 0 Å². The Hall–Kier alpha value is -1.76. The van der Waals surface area contributed by atoms with Crippen LogP contribution in [0.25, 0.3) is 0 Å². The molecule has 0 aromatic heterocycles. The number of fused-ring (bicyclic) bond motifs is 1. The Kier molecular flexibility index (Phi) is 3.06. The van der Waals surface area contributed by atoms with E-state index in [0.29, 0.717) is 0 Å². The molecule has 0 fully saturated rings. The molecular weight excluding hydrogens is 232 g/mol. The lowest BCUT2D eigenvalue weighted by Crippen LogP contribution is -2.16. The fourth-order valence-electron chi connectivity index (χ4n) is 2.82. The van der Waals surface area contributed by atoms with Crippen LogP contribution in [0.1, 0.15) is 40.3 Å². The second-order valence-corrected chi connectivity index (χ2v) is 5.55. The van der Waals surface area contributed by atoms with Crippen LogP contribution in [-0.4, -0.2) is 0 Å². The summed E-state index contributed by atoms with van der Waals surface area (Å²) >= 11 is 0. The van der Waals surface area contributed by atoms with E-state index >= 15 is 0 Å². The van der Waals surface area contributed by atoms with Crippen LogP contribution in [0.3, 0.4) is 0 Å². The van der Waals surface area contributed by atoms with Gasteiger partial charge in [0.2, 0.25) is 0 Å². The molecule has 1 atom stereocenters. The first kappa shape index (κ1) is 12.3. The Balaban J connectivity index is 1.94. The molecule has 19 heavy (non-hydrogen) atoms. The third kappa shape index (κ3) is 2.25. The summed E-state index contributed by atoms with van der Waals surface area (Å²) in [6, 6.07) is 13.0. The molecule has 0 amide bonds. The van der Waals surface area contributed by atoms with Crippen LogP contribution in [-0.2, 0) is 6.42 Å². The van der Waals surface area contributed by atoms with Crippen molar-refractivity contribution in [2.45, 2.75) is 39.7 Å². The van der Waals surface area contributed by atoms with E-state index in [-0.39, 0.29) is 6.10 Å². The van der Waals surface area contributed by atoms with Crippen LogP contribution < -0.4 is 4.74 Å². The number of hydrogen-bond acceptors (Lipinski definition) is 1. The Morgan fingerprint density at radius 2 is 1.68 bits per heavy atom. The normalized spacial score (nSPS) is 17.7. The molecule has 2 aromatic carbocycles. The minimum Gasteiger partial charge on any atom is -0.485 e. The summed E-state index contributed by atoms with van der Waals surface area (Å²) in [4.78, 5) is 0. The maximum Gasteiger partial charge on any atom is 0.124 e. The molecule has 3 rings (SSSR count). The van der Waals surface area contributed by atoms with Gasteiger partial charge in [0.1, 0.15) is 11.9 Å². The Morgan fingerprint density at radius 3 is 2.47 bits per heavy atom. The molecule has 1 unspecified atom stereocenters. The van der Waals surface area contributed by atoms with Gasteiger partial charge in [-0.05, 0) is 67.5 Å². The first-order valence-electron chi connectivity index (χ1n) is 6.97. The van der Waals surface area contributed by atoms with E-state index in [1.165, 1.54) is 27.8 Å². The highest BCUT2D eigenvalue weighted by Gasteiger charge is 2.22. The van der Waals surface area contributed by atoms with Crippen molar-refractivity contribution in [3.05, 3.63) is 64.2 Å². The average Bonchev–Trinajstić information content (AvgIpc) is 2.40. The molecule has 0 spiro atoms. The van der Waals surface area contributed by atoms with Crippen molar-refractivity contribution in [1.29, 1.82) is 0 Å². The fraction of sp³-hybridized carbons (Fsp3) is 0.333. The summed E-state index contributed by atoms with van der Waals surface area (Å²) < 4.78 is 6.23. The molecule has 0 bridgehead atoms. The number of benzene rings is 2. The van der Waals surface area contributed by atoms with E-state index in [4.69, 9.17) is 4.74 Å². The zero-order valence-corrected chi connectivity index (χ0v) is 11.9. The minimum atomic E-state index is 0.204. The highest BCUT2D eigenvalue weighted by molar-refractivity contribution is 5.44. The summed E-state index contributed by atoms with van der Waals surface area (Å²) in [5, 5.41) is 0. The number of hydrogen-bond donors (Lipinski definition) is 0. The summed E-state index contributed by atoms with van der Waals surface area (Å²) in [5.41, 5.74) is 6.67. The van der Waals surface area contributed by atoms with Crippen LogP contribution in [0.2, 0.25) is 0 Å². The predicted octanol–water partition coefficient (Wildman–Crippen LogP) is 4.68. The first-order chi connectivity index (χ1) is 9.15. The number of rotatable bonds is 1. The van der Waals surface area contributed by atoms with Crippen molar-refractivity contribution < 1.29 is 4.74 Å². The number of aryl methyl sites for hydroxylation is 4. The summed E-state index contributed by atoms with van der Waals surface area (Å²) in [6.45, 7) is 6.48. The lowest BCUT2D eigenvalue weighted by Gasteiger charge is -2.28. The van der Waals surface area contributed by atoms with Crippen molar-refractivity contribution in [2.75, 3.05) is 0 Å². The second-order valence-electron chi connectivity index (χ2n) is 5.55. The van der Waals surface area contributed by atoms with E-state index in [2.05, 4.69) is 57.2 Å². The third-order valence-electron chi connectivity index (χ3n) is 4.16. The topological polar surface area (TPSA) is 9.23 Å². The van der Waals surface area contributed by atoms with Gasteiger partial charge in [-0.3, -0.25) is 0 Å². The lowest BCUT2D eigenvalue weighted by atomic mass is 9.93. The zero-order chi connectivity index (χ0) is 13.4. The zero-order valence-electron chi connectivity index (χ0n) is 11.9. The van der Waals surface area contributed by atoms with Crippen molar-refractivity contribution >= 4 is 0 Å². The summed E-state index contributed by atoms with van der Waals surface area (Å²) in [7, 11) is 0. The molecule has 1 heterocycles. The van der Waals surface area contributed by atoms with Gasteiger partial charge >= 0.3 is 0 Å². The molecule has 0 aliphatic carbocycles. The van der Waals surface area contributed by atoms with E-state index in [9.17, 15) is 0 Å². The quantitative estimate of drug-likeness (QED) is 0.716. The van der Waals surface area contributed by atoms with Gasteiger partial charge in [0.15, 0.2) is 0 Å². The van der Waals surface area contributed by atoms with Gasteiger partial charge in [0.05, 0.1) is 0 Å². The van der Waals surface area contributed by atoms with Gasteiger partial charge in [-0.25, -0.2) is 0 Å². The first-order valence-corrected chi connectivity index (χ1v) is 6.97. The predicted molar refractivity (Wildman–Crippen MR) is 78.8 cm³/mol. The van der Waals surface area contributed by atoms with Gasteiger partial charge in [-0.1, -0.05) is 30.3 Å².